The average molecular weight is 361 g/mol. The van der Waals surface area contributed by atoms with Crippen LogP contribution in [0.5, 0.6) is 0 Å². The standard InChI is InChI=1S/C17H23N5O2S/c18-25(23,24)15-7-5-13(6-8-15)9-11-19-17-20-12-10-16(22-17)21-14-3-1-2-4-14/h5-8,10,12,14H,1-4,9,11H2,(H2,18,23,24)(H2,19,20,21,22). The number of nitrogens with one attached hydrogen (secondary N) is 2. The minimum atomic E-state index is -3.64. The molecule has 8 heteroatoms. The predicted molar refractivity (Wildman–Crippen MR) is 97.9 cm³/mol. The normalized spacial score (nSPS) is 15.2. The minimum absolute atomic E-state index is 0.123. The molecule has 1 aromatic carbocycles. The van der Waals surface area contributed by atoms with Gasteiger partial charge in [0.25, 0.3) is 0 Å². The number of nitrogens with two attached hydrogens (primary N) is 1. The summed E-state index contributed by atoms with van der Waals surface area (Å²) in [6.07, 6.45) is 7.42. The van der Waals surface area contributed by atoms with Gasteiger partial charge in [-0.2, -0.15) is 4.98 Å². The maximum absolute atomic E-state index is 11.2. The fraction of sp³-hybridized carbons (Fsp3) is 0.412. The third-order valence-electron chi connectivity index (χ3n) is 4.31. The molecule has 1 saturated carbocycles. The second kappa shape index (κ2) is 7.79. The van der Waals surface area contributed by atoms with Crippen LogP contribution in [0.4, 0.5) is 11.8 Å². The van der Waals surface area contributed by atoms with Crippen LogP contribution in [0.15, 0.2) is 41.4 Å². The molecule has 0 unspecified atom stereocenters. The van der Waals surface area contributed by atoms with Gasteiger partial charge < -0.3 is 10.6 Å². The van der Waals surface area contributed by atoms with Gasteiger partial charge >= 0.3 is 0 Å². The Morgan fingerprint density at radius 3 is 2.52 bits per heavy atom. The molecule has 0 aliphatic heterocycles. The largest absolute Gasteiger partial charge is 0.367 e. The fourth-order valence-electron chi connectivity index (χ4n) is 2.97. The first kappa shape index (κ1) is 17.6. The van der Waals surface area contributed by atoms with Crippen molar-refractivity contribution < 1.29 is 8.42 Å². The van der Waals surface area contributed by atoms with Crippen LogP contribution in [0.25, 0.3) is 0 Å². The van der Waals surface area contributed by atoms with Crippen LogP contribution in [0.2, 0.25) is 0 Å². The first-order valence-corrected chi connectivity index (χ1v) is 10.0. The molecule has 2 aromatic rings. The van der Waals surface area contributed by atoms with Crippen LogP contribution in [0, 0.1) is 0 Å². The lowest BCUT2D eigenvalue weighted by Crippen LogP contribution is -2.16. The summed E-state index contributed by atoms with van der Waals surface area (Å²) in [4.78, 5) is 8.84. The van der Waals surface area contributed by atoms with Crippen molar-refractivity contribution in [2.24, 2.45) is 5.14 Å². The maximum Gasteiger partial charge on any atom is 0.238 e. The summed E-state index contributed by atoms with van der Waals surface area (Å²) in [6, 6.07) is 8.97. The highest BCUT2D eigenvalue weighted by Gasteiger charge is 2.15. The Kier molecular flexibility index (Phi) is 5.50. The zero-order valence-corrected chi connectivity index (χ0v) is 14.8. The van der Waals surface area contributed by atoms with E-state index in [1.165, 1.54) is 37.8 Å². The van der Waals surface area contributed by atoms with E-state index in [1.54, 1.807) is 18.3 Å². The van der Waals surface area contributed by atoms with Crippen molar-refractivity contribution >= 4 is 21.8 Å². The van der Waals surface area contributed by atoms with Crippen LogP contribution in [-0.4, -0.2) is 31.0 Å². The number of hydrogen-bond donors (Lipinski definition) is 3. The number of nitrogens with zero attached hydrogens (tertiary/aromatic N) is 2. The highest BCUT2D eigenvalue weighted by Crippen LogP contribution is 2.21. The molecular formula is C17H23N5O2S. The Hall–Kier alpha value is -2.19. The number of primary sulfonamides is 1. The molecule has 7 nitrogen and oxygen atoms in total. The van der Waals surface area contributed by atoms with Gasteiger partial charge in [-0.25, -0.2) is 18.5 Å². The van der Waals surface area contributed by atoms with Gasteiger partial charge in [-0.05, 0) is 43.0 Å². The Labute approximate surface area is 148 Å². The van der Waals surface area contributed by atoms with Crippen LogP contribution in [0.1, 0.15) is 31.2 Å². The number of benzene rings is 1. The van der Waals surface area contributed by atoms with E-state index in [9.17, 15) is 8.42 Å². The van der Waals surface area contributed by atoms with Gasteiger partial charge in [0.1, 0.15) is 5.82 Å². The van der Waals surface area contributed by atoms with Crippen molar-refractivity contribution in [2.75, 3.05) is 17.2 Å². The first-order chi connectivity index (χ1) is 12.0. The van der Waals surface area contributed by atoms with Crippen molar-refractivity contribution in [3.63, 3.8) is 0 Å². The third-order valence-corrected chi connectivity index (χ3v) is 5.24. The molecule has 0 amide bonds. The van der Waals surface area contributed by atoms with Crippen LogP contribution < -0.4 is 15.8 Å². The minimum Gasteiger partial charge on any atom is -0.367 e. The molecule has 1 heterocycles. The highest BCUT2D eigenvalue weighted by molar-refractivity contribution is 7.89. The quantitative estimate of drug-likeness (QED) is 0.697. The van der Waals surface area contributed by atoms with Gasteiger partial charge in [-0.1, -0.05) is 25.0 Å². The third kappa shape index (κ3) is 5.14. The predicted octanol–water partition coefficient (Wildman–Crippen LogP) is 2.13. The molecule has 1 fully saturated rings. The SMILES string of the molecule is NS(=O)(=O)c1ccc(CCNc2nccc(NC3CCCC3)n2)cc1. The topological polar surface area (TPSA) is 110 Å². The summed E-state index contributed by atoms with van der Waals surface area (Å²) in [5, 5.41) is 11.7. The van der Waals surface area contributed by atoms with E-state index in [-0.39, 0.29) is 4.90 Å². The van der Waals surface area contributed by atoms with Gasteiger partial charge in [-0.15, -0.1) is 0 Å². The number of anilines is 2. The smallest absolute Gasteiger partial charge is 0.238 e. The molecule has 1 aliphatic carbocycles. The Morgan fingerprint density at radius 2 is 1.84 bits per heavy atom. The molecule has 0 bridgehead atoms. The molecular weight excluding hydrogens is 338 g/mol. The molecule has 25 heavy (non-hydrogen) atoms. The summed E-state index contributed by atoms with van der Waals surface area (Å²) < 4.78 is 22.5. The van der Waals surface area contributed by atoms with E-state index in [2.05, 4.69) is 20.6 Å². The monoisotopic (exact) mass is 361 g/mol. The van der Waals surface area contributed by atoms with E-state index < -0.39 is 10.0 Å². The lowest BCUT2D eigenvalue weighted by atomic mass is 10.1. The highest BCUT2D eigenvalue weighted by atomic mass is 32.2. The van der Waals surface area contributed by atoms with Gasteiger partial charge in [0.2, 0.25) is 16.0 Å². The van der Waals surface area contributed by atoms with E-state index in [0.717, 1.165) is 17.8 Å². The Morgan fingerprint density at radius 1 is 1.12 bits per heavy atom. The zero-order valence-electron chi connectivity index (χ0n) is 14.0. The number of sulfonamides is 1. The van der Waals surface area contributed by atoms with Crippen LogP contribution >= 0.6 is 0 Å². The Balaban J connectivity index is 1.51. The molecule has 1 aliphatic rings. The first-order valence-electron chi connectivity index (χ1n) is 8.46. The fourth-order valence-corrected chi connectivity index (χ4v) is 3.48. The number of hydrogen-bond acceptors (Lipinski definition) is 6. The van der Waals surface area contributed by atoms with Gasteiger partial charge in [-0.3, -0.25) is 0 Å². The van der Waals surface area contributed by atoms with Gasteiger partial charge in [0, 0.05) is 18.8 Å². The van der Waals surface area contributed by atoms with Crippen molar-refractivity contribution in [2.45, 2.75) is 43.0 Å². The summed E-state index contributed by atoms with van der Waals surface area (Å²) >= 11 is 0. The molecule has 0 atom stereocenters. The van der Waals surface area contributed by atoms with Crippen LogP contribution in [0.3, 0.4) is 0 Å². The van der Waals surface area contributed by atoms with E-state index in [0.29, 0.717) is 18.5 Å². The second-order valence-electron chi connectivity index (χ2n) is 6.26. The van der Waals surface area contributed by atoms with Crippen molar-refractivity contribution in [1.29, 1.82) is 0 Å². The number of rotatable bonds is 7. The van der Waals surface area contributed by atoms with E-state index in [1.807, 2.05) is 6.07 Å². The zero-order chi connectivity index (χ0) is 17.7. The molecule has 3 rings (SSSR count). The molecule has 4 N–H and O–H groups in total. The molecule has 0 radical (unpaired) electrons. The lowest BCUT2D eigenvalue weighted by Gasteiger charge is -2.13. The van der Waals surface area contributed by atoms with E-state index >= 15 is 0 Å². The number of aromatic nitrogens is 2. The van der Waals surface area contributed by atoms with Crippen molar-refractivity contribution in [3.8, 4) is 0 Å². The Bertz CT molecular complexity index is 802. The molecule has 134 valence electrons. The van der Waals surface area contributed by atoms with Crippen molar-refractivity contribution in [1.82, 2.24) is 9.97 Å². The molecule has 0 spiro atoms. The van der Waals surface area contributed by atoms with Crippen LogP contribution in [-0.2, 0) is 16.4 Å². The maximum atomic E-state index is 11.2. The summed E-state index contributed by atoms with van der Waals surface area (Å²) in [5.41, 5.74) is 1.01. The summed E-state index contributed by atoms with van der Waals surface area (Å²) in [6.45, 7) is 0.654. The molecule has 1 aromatic heterocycles. The van der Waals surface area contributed by atoms with Crippen molar-refractivity contribution in [3.05, 3.63) is 42.1 Å². The van der Waals surface area contributed by atoms with E-state index in [4.69, 9.17) is 5.14 Å². The average Bonchev–Trinajstić information content (AvgIpc) is 3.08. The molecule has 0 saturated heterocycles. The van der Waals surface area contributed by atoms with Gasteiger partial charge in [0.15, 0.2) is 0 Å². The summed E-state index contributed by atoms with van der Waals surface area (Å²) in [5.74, 6) is 1.44. The van der Waals surface area contributed by atoms with Gasteiger partial charge in [0.05, 0.1) is 4.90 Å². The lowest BCUT2D eigenvalue weighted by molar-refractivity contribution is 0.598. The second-order valence-corrected chi connectivity index (χ2v) is 7.82. The summed E-state index contributed by atoms with van der Waals surface area (Å²) in [7, 11) is -3.64.